The third-order valence-corrected chi connectivity index (χ3v) is 7.04. The Hall–Kier alpha value is -3.37. The summed E-state index contributed by atoms with van der Waals surface area (Å²) in [6, 6.07) is 10.3. The minimum Gasteiger partial charge on any atom is -0.378 e. The van der Waals surface area contributed by atoms with E-state index < -0.39 is 5.82 Å². The Balaban J connectivity index is 1.22. The zero-order chi connectivity index (χ0) is 25.6. The second kappa shape index (κ2) is 11.8. The van der Waals surface area contributed by atoms with Crippen molar-refractivity contribution in [2.24, 2.45) is 5.92 Å². The van der Waals surface area contributed by atoms with Gasteiger partial charge in [-0.25, -0.2) is 9.37 Å². The number of hydrogen-bond acceptors (Lipinski definition) is 8. The van der Waals surface area contributed by atoms with Crippen LogP contribution in [-0.2, 0) is 16.0 Å². The summed E-state index contributed by atoms with van der Waals surface area (Å²) < 4.78 is 19.8. The molecule has 10 heteroatoms. The number of hydrogen-bond donors (Lipinski definition) is 1. The number of fused-ring (bicyclic) bond motifs is 1. The van der Waals surface area contributed by atoms with Gasteiger partial charge >= 0.3 is 0 Å². The first-order chi connectivity index (χ1) is 18.0. The van der Waals surface area contributed by atoms with Crippen LogP contribution in [0, 0.1) is 11.7 Å². The number of amides is 1. The van der Waals surface area contributed by atoms with Gasteiger partial charge in [0.2, 0.25) is 11.9 Å². The van der Waals surface area contributed by atoms with Gasteiger partial charge in [0.1, 0.15) is 0 Å². The molecule has 5 rings (SSSR count). The SMILES string of the molecule is CC(=O)N1CCN(CCNc2nc(N3CCOCC3)ncc2F)CC(Cc2cnc3ccccc3c2)C1. The fourth-order valence-corrected chi connectivity index (χ4v) is 5.09. The quantitative estimate of drug-likeness (QED) is 0.522. The van der Waals surface area contributed by atoms with Crippen LogP contribution in [0.2, 0.25) is 0 Å². The van der Waals surface area contributed by atoms with Crippen molar-refractivity contribution in [3.8, 4) is 0 Å². The van der Waals surface area contributed by atoms with Crippen molar-refractivity contribution in [3.63, 3.8) is 0 Å². The smallest absolute Gasteiger partial charge is 0.227 e. The maximum absolute atomic E-state index is 14.4. The summed E-state index contributed by atoms with van der Waals surface area (Å²) >= 11 is 0. The number of morpholine rings is 1. The summed E-state index contributed by atoms with van der Waals surface area (Å²) in [5.74, 6) is 0.647. The third-order valence-electron chi connectivity index (χ3n) is 7.04. The average molecular weight is 508 g/mol. The number of ether oxygens (including phenoxy) is 1. The molecular weight excluding hydrogens is 473 g/mol. The van der Waals surface area contributed by atoms with Gasteiger partial charge in [-0.2, -0.15) is 4.98 Å². The molecule has 4 heterocycles. The summed E-state index contributed by atoms with van der Waals surface area (Å²) in [5.41, 5.74) is 2.16. The van der Waals surface area contributed by atoms with Crippen LogP contribution in [0.15, 0.2) is 42.7 Å². The molecule has 2 saturated heterocycles. The predicted octanol–water partition coefficient (Wildman–Crippen LogP) is 2.44. The lowest BCUT2D eigenvalue weighted by molar-refractivity contribution is -0.129. The van der Waals surface area contributed by atoms with Crippen LogP contribution in [0.5, 0.6) is 0 Å². The lowest BCUT2D eigenvalue weighted by atomic mass is 9.98. The summed E-state index contributed by atoms with van der Waals surface area (Å²) in [6.45, 7) is 8.55. The first kappa shape index (κ1) is 25.3. The molecule has 0 aliphatic carbocycles. The molecule has 0 bridgehead atoms. The molecule has 2 aromatic heterocycles. The number of halogens is 1. The number of anilines is 2. The van der Waals surface area contributed by atoms with Crippen LogP contribution in [0.25, 0.3) is 10.9 Å². The standard InChI is InChI=1S/C27H34FN7O2/c1-20(36)35-9-8-33(18-22(19-35)14-21-15-23-4-2-3-5-25(23)30-16-21)7-6-29-26-24(28)17-31-27(32-26)34-10-12-37-13-11-34/h2-5,15-17,22H,6-14,18-19H2,1H3,(H,29,31,32). The third kappa shape index (κ3) is 6.50. The molecule has 9 nitrogen and oxygen atoms in total. The topological polar surface area (TPSA) is 86.7 Å². The van der Waals surface area contributed by atoms with E-state index in [-0.39, 0.29) is 17.6 Å². The Morgan fingerprint density at radius 2 is 1.95 bits per heavy atom. The van der Waals surface area contributed by atoms with E-state index in [0.717, 1.165) is 37.0 Å². The van der Waals surface area contributed by atoms with Crippen LogP contribution in [0.3, 0.4) is 0 Å². The highest BCUT2D eigenvalue weighted by Gasteiger charge is 2.25. The first-order valence-electron chi connectivity index (χ1n) is 13.0. The first-order valence-corrected chi connectivity index (χ1v) is 13.0. The second-order valence-corrected chi connectivity index (χ2v) is 9.76. The van der Waals surface area contributed by atoms with Crippen molar-refractivity contribution in [2.75, 3.05) is 75.8 Å². The molecular formula is C27H34FN7O2. The molecule has 0 radical (unpaired) electrons. The molecule has 1 atom stereocenters. The monoisotopic (exact) mass is 507 g/mol. The lowest BCUT2D eigenvalue weighted by Gasteiger charge is -2.27. The summed E-state index contributed by atoms with van der Waals surface area (Å²) in [6.07, 6.45) is 4.01. The Labute approximate surface area is 216 Å². The predicted molar refractivity (Wildman–Crippen MR) is 141 cm³/mol. The van der Waals surface area contributed by atoms with Gasteiger partial charge in [-0.1, -0.05) is 18.2 Å². The van der Waals surface area contributed by atoms with Gasteiger partial charge in [0.15, 0.2) is 11.6 Å². The van der Waals surface area contributed by atoms with Gasteiger partial charge in [0.25, 0.3) is 0 Å². The maximum Gasteiger partial charge on any atom is 0.227 e. The number of benzene rings is 1. The van der Waals surface area contributed by atoms with Crippen molar-refractivity contribution < 1.29 is 13.9 Å². The van der Waals surface area contributed by atoms with E-state index in [4.69, 9.17) is 4.74 Å². The van der Waals surface area contributed by atoms with Crippen molar-refractivity contribution in [1.29, 1.82) is 0 Å². The highest BCUT2D eigenvalue weighted by atomic mass is 19.1. The normalized spacial score (nSPS) is 19.1. The summed E-state index contributed by atoms with van der Waals surface area (Å²) in [5, 5.41) is 4.29. The Kier molecular flexibility index (Phi) is 8.05. The molecule has 196 valence electrons. The number of nitrogens with zero attached hydrogens (tertiary/aromatic N) is 6. The maximum atomic E-state index is 14.4. The molecule has 1 unspecified atom stereocenters. The van der Waals surface area contributed by atoms with Crippen molar-refractivity contribution >= 4 is 28.6 Å². The van der Waals surface area contributed by atoms with Crippen molar-refractivity contribution in [2.45, 2.75) is 13.3 Å². The average Bonchev–Trinajstić information content (AvgIpc) is 3.12. The fraction of sp³-hybridized carbons (Fsp3) is 0.481. The lowest BCUT2D eigenvalue weighted by Crippen LogP contribution is -2.37. The summed E-state index contributed by atoms with van der Waals surface area (Å²) in [4.78, 5) is 31.7. The molecule has 0 saturated carbocycles. The van der Waals surface area contributed by atoms with Crippen LogP contribution in [0.4, 0.5) is 16.2 Å². The number of para-hydroxylation sites is 1. The second-order valence-electron chi connectivity index (χ2n) is 9.76. The van der Waals surface area contributed by atoms with Gasteiger partial charge < -0.3 is 19.9 Å². The number of carbonyl (C=O) groups excluding carboxylic acids is 1. The fourth-order valence-electron chi connectivity index (χ4n) is 5.09. The molecule has 37 heavy (non-hydrogen) atoms. The Morgan fingerprint density at radius 3 is 2.78 bits per heavy atom. The van der Waals surface area contributed by atoms with E-state index >= 15 is 0 Å². The highest BCUT2D eigenvalue weighted by molar-refractivity contribution is 5.78. The summed E-state index contributed by atoms with van der Waals surface area (Å²) in [7, 11) is 0. The number of aromatic nitrogens is 3. The van der Waals surface area contributed by atoms with Crippen molar-refractivity contribution in [1.82, 2.24) is 24.8 Å². The largest absolute Gasteiger partial charge is 0.378 e. The molecule has 0 spiro atoms. The van der Waals surface area contributed by atoms with E-state index in [1.54, 1.807) is 6.92 Å². The van der Waals surface area contributed by atoms with Crippen LogP contribution >= 0.6 is 0 Å². The molecule has 1 N–H and O–H groups in total. The van der Waals surface area contributed by atoms with Crippen molar-refractivity contribution in [3.05, 3.63) is 54.1 Å². The zero-order valence-corrected chi connectivity index (χ0v) is 21.3. The number of carbonyl (C=O) groups is 1. The van der Waals surface area contributed by atoms with Gasteiger partial charge in [-0.05, 0) is 30.0 Å². The number of pyridine rings is 1. The van der Waals surface area contributed by atoms with Crippen LogP contribution in [-0.4, -0.2) is 96.2 Å². The van der Waals surface area contributed by atoms with Crippen LogP contribution in [0.1, 0.15) is 12.5 Å². The van der Waals surface area contributed by atoms with Crippen LogP contribution < -0.4 is 10.2 Å². The molecule has 1 amide bonds. The number of rotatable bonds is 7. The molecule has 2 fully saturated rings. The van der Waals surface area contributed by atoms with Gasteiger partial charge in [-0.15, -0.1) is 0 Å². The Morgan fingerprint density at radius 1 is 1.11 bits per heavy atom. The minimum atomic E-state index is -0.461. The molecule has 1 aromatic carbocycles. The highest BCUT2D eigenvalue weighted by Crippen LogP contribution is 2.20. The van der Waals surface area contributed by atoms with E-state index in [9.17, 15) is 9.18 Å². The minimum absolute atomic E-state index is 0.0975. The van der Waals surface area contributed by atoms with E-state index in [1.807, 2.05) is 34.2 Å². The van der Waals surface area contributed by atoms with E-state index in [0.29, 0.717) is 51.9 Å². The molecule has 2 aliphatic rings. The van der Waals surface area contributed by atoms with E-state index in [2.05, 4.69) is 37.3 Å². The zero-order valence-electron chi connectivity index (χ0n) is 21.3. The molecule has 3 aromatic rings. The van der Waals surface area contributed by atoms with Gasteiger partial charge in [0.05, 0.1) is 24.9 Å². The molecule has 2 aliphatic heterocycles. The van der Waals surface area contributed by atoms with E-state index in [1.165, 1.54) is 11.8 Å². The van der Waals surface area contributed by atoms with Gasteiger partial charge in [0, 0.05) is 70.9 Å². The Bertz CT molecular complexity index is 1220. The van der Waals surface area contributed by atoms with Gasteiger partial charge in [-0.3, -0.25) is 14.7 Å². The number of nitrogens with one attached hydrogen (secondary N) is 1.